The Morgan fingerprint density at radius 1 is 0.935 bits per heavy atom. The summed E-state index contributed by atoms with van der Waals surface area (Å²) in [4.78, 5) is 12.3. The minimum Gasteiger partial charge on any atom is -0.438 e. The van der Waals surface area contributed by atoms with Gasteiger partial charge in [-0.2, -0.15) is 5.10 Å². The molecule has 0 aliphatic carbocycles. The van der Waals surface area contributed by atoms with Crippen LogP contribution in [0.2, 0.25) is 0 Å². The van der Waals surface area contributed by atoms with Gasteiger partial charge in [-0.1, -0.05) is 0 Å². The molecule has 0 atom stereocenters. The number of anilines is 1. The molecule has 0 radical (unpaired) electrons. The van der Waals surface area contributed by atoms with Crippen molar-refractivity contribution in [3.63, 3.8) is 0 Å². The first kappa shape index (κ1) is 21.0. The second-order valence-corrected chi connectivity index (χ2v) is 8.27. The quantitative estimate of drug-likeness (QED) is 0.361. The van der Waals surface area contributed by atoms with Gasteiger partial charge < -0.3 is 10.1 Å². The first-order valence-electron chi connectivity index (χ1n) is 9.62. The van der Waals surface area contributed by atoms with Crippen LogP contribution in [0.15, 0.2) is 60.7 Å². The fraction of sp³-hybridized carbons (Fsp3) is 0.130. The fourth-order valence-corrected chi connectivity index (χ4v) is 3.32. The first-order valence-corrected chi connectivity index (χ1v) is 10.7. The second-order valence-electron chi connectivity index (χ2n) is 7.02. The lowest BCUT2D eigenvalue weighted by atomic mass is 10.2. The minimum atomic E-state index is -0.161. The molecule has 0 unspecified atom stereocenters. The van der Waals surface area contributed by atoms with E-state index in [0.29, 0.717) is 28.7 Å². The van der Waals surface area contributed by atoms with Crippen LogP contribution in [0.4, 0.5) is 5.69 Å². The predicted molar refractivity (Wildman–Crippen MR) is 127 cm³/mol. The predicted octanol–water partition coefficient (Wildman–Crippen LogP) is 5.24. The van der Waals surface area contributed by atoms with Crippen molar-refractivity contribution in [1.82, 2.24) is 20.0 Å². The Morgan fingerprint density at radius 2 is 1.65 bits per heavy atom. The molecule has 2 heterocycles. The number of amides is 1. The zero-order valence-corrected chi connectivity index (χ0v) is 19.4. The lowest BCUT2D eigenvalue weighted by Gasteiger charge is -2.08. The molecule has 1 N–H and O–H groups in total. The maximum absolute atomic E-state index is 12.3. The summed E-state index contributed by atoms with van der Waals surface area (Å²) in [6.45, 7) is 6.00. The summed E-state index contributed by atoms with van der Waals surface area (Å²) in [5.41, 5.74) is 4.42. The van der Waals surface area contributed by atoms with E-state index < -0.39 is 0 Å². The van der Waals surface area contributed by atoms with Crippen molar-refractivity contribution < 1.29 is 9.53 Å². The van der Waals surface area contributed by atoms with Crippen molar-refractivity contribution in [3.05, 3.63) is 86.7 Å². The number of halogens is 1. The number of hydrogen-bond acceptors (Lipinski definition) is 5. The highest BCUT2D eigenvalue weighted by atomic mass is 127. The smallest absolute Gasteiger partial charge is 0.255 e. The summed E-state index contributed by atoms with van der Waals surface area (Å²) in [6.07, 6.45) is 0. The average molecular weight is 525 g/mol. The van der Waals surface area contributed by atoms with Crippen LogP contribution >= 0.6 is 22.6 Å². The Morgan fingerprint density at radius 3 is 2.23 bits per heavy atom. The van der Waals surface area contributed by atoms with Crippen molar-refractivity contribution in [1.29, 1.82) is 0 Å². The highest BCUT2D eigenvalue weighted by Crippen LogP contribution is 2.22. The summed E-state index contributed by atoms with van der Waals surface area (Å²) in [5.74, 6) is 1.44. The van der Waals surface area contributed by atoms with Gasteiger partial charge in [0.25, 0.3) is 5.91 Å². The number of ether oxygens (including phenoxy) is 1. The van der Waals surface area contributed by atoms with Gasteiger partial charge in [-0.05, 0) is 104 Å². The number of benzene rings is 2. The zero-order chi connectivity index (χ0) is 22.0. The third-order valence-corrected chi connectivity index (χ3v) is 5.66. The van der Waals surface area contributed by atoms with Crippen molar-refractivity contribution in [3.8, 4) is 17.4 Å². The number of nitrogens with zero attached hydrogens (tertiary/aromatic N) is 4. The van der Waals surface area contributed by atoms with Gasteiger partial charge in [0.05, 0.1) is 5.69 Å². The molecule has 2 aromatic carbocycles. The van der Waals surface area contributed by atoms with Crippen molar-refractivity contribution in [2.75, 3.05) is 5.32 Å². The molecule has 0 bridgehead atoms. The van der Waals surface area contributed by atoms with Gasteiger partial charge in [-0.25, -0.2) is 4.68 Å². The minimum absolute atomic E-state index is 0.161. The molecule has 0 spiro atoms. The van der Waals surface area contributed by atoms with Gasteiger partial charge in [0.15, 0.2) is 5.82 Å². The highest BCUT2D eigenvalue weighted by Gasteiger charge is 2.11. The lowest BCUT2D eigenvalue weighted by molar-refractivity contribution is 0.102. The third-order valence-electron chi connectivity index (χ3n) is 4.94. The van der Waals surface area contributed by atoms with Crippen LogP contribution in [0.25, 0.3) is 5.82 Å². The van der Waals surface area contributed by atoms with Crippen LogP contribution in [-0.4, -0.2) is 25.9 Å². The SMILES string of the molecule is Cc1nn(-c2ccc(Oc3ccc(NC(=O)c4ccc(I)cc4)cc3)nn2)c(C)c1C. The zero-order valence-electron chi connectivity index (χ0n) is 17.3. The lowest BCUT2D eigenvalue weighted by Crippen LogP contribution is -2.11. The molecule has 1 amide bonds. The van der Waals surface area contributed by atoms with Crippen molar-refractivity contribution in [2.45, 2.75) is 20.8 Å². The summed E-state index contributed by atoms with van der Waals surface area (Å²) in [6, 6.07) is 18.0. The summed E-state index contributed by atoms with van der Waals surface area (Å²) in [5, 5.41) is 15.7. The van der Waals surface area contributed by atoms with E-state index >= 15 is 0 Å². The molecule has 0 saturated carbocycles. The Bertz CT molecular complexity index is 1220. The number of nitrogens with one attached hydrogen (secondary N) is 1. The topological polar surface area (TPSA) is 81.9 Å². The molecular formula is C23H20IN5O2. The molecule has 0 fully saturated rings. The highest BCUT2D eigenvalue weighted by molar-refractivity contribution is 14.1. The number of rotatable bonds is 5. The molecule has 0 aliphatic rings. The van der Waals surface area contributed by atoms with Crippen LogP contribution < -0.4 is 10.1 Å². The molecule has 0 saturated heterocycles. The Balaban J connectivity index is 1.41. The van der Waals surface area contributed by atoms with E-state index in [1.54, 1.807) is 47.1 Å². The van der Waals surface area contributed by atoms with Crippen LogP contribution in [0.5, 0.6) is 11.6 Å². The number of aromatic nitrogens is 4. The van der Waals surface area contributed by atoms with Gasteiger partial charge in [-0.15, -0.1) is 10.2 Å². The van der Waals surface area contributed by atoms with Crippen molar-refractivity contribution in [2.24, 2.45) is 0 Å². The van der Waals surface area contributed by atoms with Crippen LogP contribution in [0, 0.1) is 24.3 Å². The number of hydrogen-bond donors (Lipinski definition) is 1. The maximum Gasteiger partial charge on any atom is 0.255 e. The van der Waals surface area contributed by atoms with E-state index in [2.05, 4.69) is 43.2 Å². The van der Waals surface area contributed by atoms with E-state index in [0.717, 1.165) is 20.5 Å². The van der Waals surface area contributed by atoms with E-state index in [1.807, 2.05) is 39.0 Å². The summed E-state index contributed by atoms with van der Waals surface area (Å²) in [7, 11) is 0. The molecule has 7 nitrogen and oxygen atoms in total. The summed E-state index contributed by atoms with van der Waals surface area (Å²) >= 11 is 2.20. The number of carbonyl (C=O) groups excluding carboxylic acids is 1. The number of aryl methyl sites for hydroxylation is 1. The van der Waals surface area contributed by atoms with Crippen LogP contribution in [0.1, 0.15) is 27.3 Å². The van der Waals surface area contributed by atoms with E-state index in [9.17, 15) is 4.79 Å². The van der Waals surface area contributed by atoms with Crippen LogP contribution in [0.3, 0.4) is 0 Å². The molecule has 4 rings (SSSR count). The van der Waals surface area contributed by atoms with Crippen LogP contribution in [-0.2, 0) is 0 Å². The maximum atomic E-state index is 12.3. The van der Waals surface area contributed by atoms with E-state index in [4.69, 9.17) is 4.74 Å². The van der Waals surface area contributed by atoms with Gasteiger partial charge in [0.1, 0.15) is 5.75 Å². The van der Waals surface area contributed by atoms with Crippen molar-refractivity contribution >= 4 is 34.2 Å². The second kappa shape index (κ2) is 8.84. The number of carbonyl (C=O) groups is 1. The molecule has 2 aromatic heterocycles. The normalized spacial score (nSPS) is 10.7. The van der Waals surface area contributed by atoms with Gasteiger partial charge in [0.2, 0.25) is 5.88 Å². The fourth-order valence-electron chi connectivity index (χ4n) is 2.96. The molecule has 4 aromatic rings. The average Bonchev–Trinajstić information content (AvgIpc) is 3.03. The third kappa shape index (κ3) is 4.74. The first-order chi connectivity index (χ1) is 14.9. The Hall–Kier alpha value is -3.27. The molecule has 156 valence electrons. The molecule has 31 heavy (non-hydrogen) atoms. The largest absolute Gasteiger partial charge is 0.438 e. The Kier molecular flexibility index (Phi) is 5.99. The summed E-state index contributed by atoms with van der Waals surface area (Å²) < 4.78 is 8.62. The molecule has 0 aliphatic heterocycles. The van der Waals surface area contributed by atoms with Gasteiger partial charge in [0, 0.05) is 26.6 Å². The van der Waals surface area contributed by atoms with E-state index in [1.165, 1.54) is 0 Å². The molecular weight excluding hydrogens is 505 g/mol. The van der Waals surface area contributed by atoms with Gasteiger partial charge in [-0.3, -0.25) is 4.79 Å². The monoisotopic (exact) mass is 525 g/mol. The standard InChI is InChI=1S/C23H20IN5O2/c1-14-15(2)28-29(16(14)3)21-12-13-22(27-26-21)31-20-10-8-19(9-11-20)25-23(30)17-4-6-18(24)7-5-17/h4-13H,1-3H3,(H,25,30). The molecule has 8 heteroatoms. The van der Waals surface area contributed by atoms with E-state index in [-0.39, 0.29) is 5.91 Å². The van der Waals surface area contributed by atoms with Gasteiger partial charge >= 0.3 is 0 Å². The Labute approximate surface area is 193 Å².